The molecule has 2 aliphatic carbocycles. The van der Waals surface area contributed by atoms with Crippen LogP contribution in [0.3, 0.4) is 0 Å². The number of piperidine rings is 1. The summed E-state index contributed by atoms with van der Waals surface area (Å²) in [6, 6.07) is 1.82. The molecule has 1 aromatic heterocycles. The zero-order valence-electron chi connectivity index (χ0n) is 17.9. The number of carboxylic acids is 1. The minimum absolute atomic E-state index is 0.0358. The van der Waals surface area contributed by atoms with Crippen LogP contribution in [0.4, 0.5) is 0 Å². The number of aromatic amines is 1. The number of allylic oxidation sites excluding steroid dienone is 3. The van der Waals surface area contributed by atoms with Gasteiger partial charge in [0.25, 0.3) is 0 Å². The van der Waals surface area contributed by atoms with Gasteiger partial charge in [-0.3, -0.25) is 19.7 Å². The maximum Gasteiger partial charge on any atom is 0.306 e. The van der Waals surface area contributed by atoms with E-state index in [1.807, 2.05) is 30.0 Å². The van der Waals surface area contributed by atoms with E-state index in [1.54, 1.807) is 6.20 Å². The normalized spacial score (nSPS) is 30.6. The van der Waals surface area contributed by atoms with Crippen LogP contribution in [-0.2, 0) is 14.3 Å². The Morgan fingerprint density at radius 2 is 2.29 bits per heavy atom. The summed E-state index contributed by atoms with van der Waals surface area (Å²) in [5.74, 6) is 0.164. The molecule has 1 aromatic rings. The number of carbonyl (C=O) groups is 2. The van der Waals surface area contributed by atoms with E-state index in [1.165, 1.54) is 0 Å². The SMILES string of the molecule is C=N/C(=C\C=C(/C)OC[C@@H]1CCCN(C(=O)C23CCC2C(C(=O)O)C3)C1)c1ccn[nH]1. The molecule has 31 heavy (non-hydrogen) atoms. The third kappa shape index (κ3) is 4.03. The predicted molar refractivity (Wildman–Crippen MR) is 116 cm³/mol. The standard InChI is InChI=1S/C23H30N4O4/c1-15(5-6-19(24-2)20-8-10-25-26-20)31-14-16-4-3-11-27(13-16)22(30)23-9-7-18(23)17(12-23)21(28)29/h5-6,8,10,16-18H,2-4,7,9,11-14H2,1H3,(H,25,26)(H,28,29)/b15-5+,19-6-/t16-,17?,18?,23?/m1/s1. The largest absolute Gasteiger partial charge is 0.498 e. The summed E-state index contributed by atoms with van der Waals surface area (Å²) >= 11 is 0. The number of likely N-dealkylation sites (tertiary alicyclic amines) is 1. The highest BCUT2D eigenvalue weighted by Gasteiger charge is 2.67. The first kappa shape index (κ1) is 21.3. The molecule has 2 heterocycles. The molecule has 3 fully saturated rings. The number of hydrogen-bond acceptors (Lipinski definition) is 5. The number of nitrogens with one attached hydrogen (secondary N) is 1. The van der Waals surface area contributed by atoms with E-state index in [9.17, 15) is 14.7 Å². The van der Waals surface area contributed by atoms with Gasteiger partial charge >= 0.3 is 5.97 Å². The van der Waals surface area contributed by atoms with E-state index in [0.29, 0.717) is 25.3 Å². The molecule has 1 aliphatic heterocycles. The van der Waals surface area contributed by atoms with Crippen molar-refractivity contribution in [2.75, 3.05) is 19.7 Å². The van der Waals surface area contributed by atoms with Gasteiger partial charge in [0.05, 0.1) is 35.1 Å². The van der Waals surface area contributed by atoms with E-state index in [4.69, 9.17) is 4.74 Å². The first-order valence-electron chi connectivity index (χ1n) is 10.9. The quantitative estimate of drug-likeness (QED) is 0.377. The van der Waals surface area contributed by atoms with Crippen molar-refractivity contribution in [2.45, 2.75) is 39.0 Å². The molecule has 166 valence electrons. The molecule has 2 N–H and O–H groups in total. The van der Waals surface area contributed by atoms with Crippen LogP contribution in [0.1, 0.15) is 44.7 Å². The number of carbonyl (C=O) groups excluding carboxylic acids is 1. The fourth-order valence-corrected chi connectivity index (χ4v) is 5.31. The van der Waals surface area contributed by atoms with E-state index >= 15 is 0 Å². The van der Waals surface area contributed by atoms with Crippen molar-refractivity contribution < 1.29 is 19.4 Å². The summed E-state index contributed by atoms with van der Waals surface area (Å²) in [4.78, 5) is 30.5. The Morgan fingerprint density at radius 1 is 1.45 bits per heavy atom. The number of aliphatic imine (C=N–C) groups is 1. The summed E-state index contributed by atoms with van der Waals surface area (Å²) in [6.45, 7) is 7.48. The molecule has 1 saturated heterocycles. The molecule has 4 atom stereocenters. The topological polar surface area (TPSA) is 108 Å². The molecule has 3 unspecified atom stereocenters. The Balaban J connectivity index is 1.30. The second kappa shape index (κ2) is 8.69. The van der Waals surface area contributed by atoms with Gasteiger partial charge in [-0.1, -0.05) is 0 Å². The minimum atomic E-state index is -0.753. The van der Waals surface area contributed by atoms with E-state index in [2.05, 4.69) is 21.9 Å². The zero-order valence-corrected chi connectivity index (χ0v) is 17.9. The summed E-state index contributed by atoms with van der Waals surface area (Å²) in [5, 5.41) is 16.1. The Morgan fingerprint density at radius 3 is 2.90 bits per heavy atom. The number of hydrogen-bond donors (Lipinski definition) is 2. The highest BCUT2D eigenvalue weighted by molar-refractivity contribution is 5.88. The van der Waals surface area contributed by atoms with Gasteiger partial charge in [0.1, 0.15) is 0 Å². The maximum atomic E-state index is 13.2. The molecule has 0 radical (unpaired) electrons. The molecule has 3 aliphatic rings. The van der Waals surface area contributed by atoms with Crippen molar-refractivity contribution in [1.29, 1.82) is 0 Å². The fourth-order valence-electron chi connectivity index (χ4n) is 5.31. The highest BCUT2D eigenvalue weighted by Crippen LogP contribution is 2.65. The molecular formula is C23H30N4O4. The van der Waals surface area contributed by atoms with Crippen LogP contribution in [0.2, 0.25) is 0 Å². The lowest BCUT2D eigenvalue weighted by Gasteiger charge is -2.61. The fraction of sp³-hybridized carbons (Fsp3) is 0.565. The van der Waals surface area contributed by atoms with Crippen molar-refractivity contribution in [3.05, 3.63) is 35.9 Å². The smallest absolute Gasteiger partial charge is 0.306 e. The van der Waals surface area contributed by atoms with E-state index in [0.717, 1.165) is 43.7 Å². The van der Waals surface area contributed by atoms with Crippen LogP contribution in [0.15, 0.2) is 35.2 Å². The molecule has 8 heteroatoms. The number of ether oxygens (including phenoxy) is 1. The summed E-state index contributed by atoms with van der Waals surface area (Å²) in [5.41, 5.74) is 1.08. The number of fused-ring (bicyclic) bond motifs is 1. The number of H-pyrrole nitrogens is 1. The highest BCUT2D eigenvalue weighted by atomic mass is 16.5. The number of carboxylic acid groups (broad SMARTS) is 1. The minimum Gasteiger partial charge on any atom is -0.498 e. The summed E-state index contributed by atoms with van der Waals surface area (Å²) in [7, 11) is 0. The molecule has 0 spiro atoms. The second-order valence-corrected chi connectivity index (χ2v) is 8.98. The zero-order chi connectivity index (χ0) is 22.0. The van der Waals surface area contributed by atoms with Gasteiger partial charge in [-0.15, -0.1) is 0 Å². The Kier molecular flexibility index (Phi) is 5.98. The van der Waals surface area contributed by atoms with Crippen molar-refractivity contribution in [2.24, 2.45) is 28.2 Å². The summed E-state index contributed by atoms with van der Waals surface area (Å²) in [6.07, 6.45) is 9.53. The Bertz CT molecular complexity index is 907. The predicted octanol–water partition coefficient (Wildman–Crippen LogP) is 3.11. The third-order valence-corrected chi connectivity index (χ3v) is 7.20. The summed E-state index contributed by atoms with van der Waals surface area (Å²) < 4.78 is 5.94. The van der Waals surface area contributed by atoms with Crippen LogP contribution < -0.4 is 0 Å². The maximum absolute atomic E-state index is 13.2. The van der Waals surface area contributed by atoms with Gasteiger partial charge in [-0.25, -0.2) is 0 Å². The van der Waals surface area contributed by atoms with Crippen molar-refractivity contribution >= 4 is 24.3 Å². The Hall–Kier alpha value is -2.90. The Labute approximate surface area is 182 Å². The first-order chi connectivity index (χ1) is 14.9. The van der Waals surface area contributed by atoms with Crippen LogP contribution in [0.5, 0.6) is 0 Å². The van der Waals surface area contributed by atoms with Crippen LogP contribution in [0.25, 0.3) is 5.70 Å². The molecule has 4 rings (SSSR count). The lowest BCUT2D eigenvalue weighted by molar-refractivity contribution is -0.195. The first-order valence-corrected chi connectivity index (χ1v) is 10.9. The monoisotopic (exact) mass is 426 g/mol. The number of aliphatic carboxylic acids is 1. The number of amides is 1. The van der Waals surface area contributed by atoms with Gasteiger partial charge < -0.3 is 14.7 Å². The lowest BCUT2D eigenvalue weighted by atomic mass is 9.42. The number of nitrogens with zero attached hydrogens (tertiary/aromatic N) is 3. The van der Waals surface area contributed by atoms with Crippen LogP contribution in [0, 0.1) is 23.2 Å². The van der Waals surface area contributed by atoms with Gasteiger partial charge in [0.2, 0.25) is 5.91 Å². The molecule has 0 aromatic carbocycles. The van der Waals surface area contributed by atoms with Crippen LogP contribution >= 0.6 is 0 Å². The molecular weight excluding hydrogens is 396 g/mol. The van der Waals surface area contributed by atoms with Gasteiger partial charge in [0, 0.05) is 25.2 Å². The molecule has 1 amide bonds. The third-order valence-electron chi connectivity index (χ3n) is 7.20. The van der Waals surface area contributed by atoms with Crippen molar-refractivity contribution in [1.82, 2.24) is 15.1 Å². The van der Waals surface area contributed by atoms with Gasteiger partial charge in [0.15, 0.2) is 0 Å². The van der Waals surface area contributed by atoms with Gasteiger partial charge in [-0.05, 0) is 69.9 Å². The molecule has 8 nitrogen and oxygen atoms in total. The average molecular weight is 427 g/mol. The lowest BCUT2D eigenvalue weighted by Crippen LogP contribution is -2.65. The number of rotatable bonds is 8. The van der Waals surface area contributed by atoms with Crippen molar-refractivity contribution in [3.63, 3.8) is 0 Å². The van der Waals surface area contributed by atoms with Crippen molar-refractivity contribution in [3.8, 4) is 0 Å². The second-order valence-electron chi connectivity index (χ2n) is 8.98. The average Bonchev–Trinajstić information content (AvgIpc) is 3.29. The van der Waals surface area contributed by atoms with E-state index in [-0.39, 0.29) is 23.7 Å². The van der Waals surface area contributed by atoms with Gasteiger partial charge in [-0.2, -0.15) is 5.10 Å². The van der Waals surface area contributed by atoms with E-state index < -0.39 is 11.4 Å². The molecule has 2 saturated carbocycles. The molecule has 0 bridgehead atoms. The number of aromatic nitrogens is 2. The van der Waals surface area contributed by atoms with Crippen LogP contribution in [-0.4, -0.2) is 58.5 Å².